The lowest BCUT2D eigenvalue weighted by Gasteiger charge is -2.46. The SMILES string of the molecule is CN1CC(C(S)c2ccccn2)C[C@@H]2c3cccc4[nH]cc(c34)C[C@H]21. The van der Waals surface area contributed by atoms with Crippen LogP contribution in [0.15, 0.2) is 48.8 Å². The third kappa shape index (κ3) is 2.42. The fraction of sp³-hybridized carbons (Fsp3) is 0.381. The van der Waals surface area contributed by atoms with Crippen molar-refractivity contribution in [1.29, 1.82) is 0 Å². The van der Waals surface area contributed by atoms with Crippen LogP contribution in [0, 0.1) is 5.92 Å². The number of nitrogens with zero attached hydrogens (tertiary/aromatic N) is 2. The van der Waals surface area contributed by atoms with Crippen LogP contribution in [0.1, 0.15) is 34.4 Å². The Labute approximate surface area is 153 Å². The number of thiol groups is 1. The Morgan fingerprint density at radius 2 is 2.16 bits per heavy atom. The average molecular weight is 350 g/mol. The van der Waals surface area contributed by atoms with Crippen molar-refractivity contribution in [3.63, 3.8) is 0 Å². The Hall–Kier alpha value is -1.78. The maximum Gasteiger partial charge on any atom is 0.0534 e. The van der Waals surface area contributed by atoms with Gasteiger partial charge in [-0.3, -0.25) is 4.98 Å². The molecule has 4 atom stereocenters. The van der Waals surface area contributed by atoms with Gasteiger partial charge in [-0.2, -0.15) is 12.6 Å². The number of H-pyrrole nitrogens is 1. The quantitative estimate of drug-likeness (QED) is 0.680. The highest BCUT2D eigenvalue weighted by molar-refractivity contribution is 7.80. The zero-order chi connectivity index (χ0) is 17.0. The molecule has 0 bridgehead atoms. The zero-order valence-corrected chi connectivity index (χ0v) is 15.3. The predicted molar refractivity (Wildman–Crippen MR) is 105 cm³/mol. The van der Waals surface area contributed by atoms with Crippen LogP contribution in [0.2, 0.25) is 0 Å². The molecule has 2 aliphatic rings. The summed E-state index contributed by atoms with van der Waals surface area (Å²) >= 11 is 4.97. The summed E-state index contributed by atoms with van der Waals surface area (Å²) < 4.78 is 0. The zero-order valence-electron chi connectivity index (χ0n) is 14.4. The van der Waals surface area contributed by atoms with Gasteiger partial charge in [0.2, 0.25) is 0 Å². The van der Waals surface area contributed by atoms with Crippen LogP contribution in [0.5, 0.6) is 0 Å². The number of aromatic amines is 1. The van der Waals surface area contributed by atoms with E-state index >= 15 is 0 Å². The van der Waals surface area contributed by atoms with Crippen molar-refractivity contribution in [3.05, 3.63) is 65.6 Å². The van der Waals surface area contributed by atoms with Gasteiger partial charge < -0.3 is 9.88 Å². The van der Waals surface area contributed by atoms with Crippen LogP contribution >= 0.6 is 12.6 Å². The summed E-state index contributed by atoms with van der Waals surface area (Å²) in [5.74, 6) is 1.09. The highest BCUT2D eigenvalue weighted by atomic mass is 32.1. The molecular formula is C21H23N3S. The molecule has 25 heavy (non-hydrogen) atoms. The highest BCUT2D eigenvalue weighted by Crippen LogP contribution is 2.47. The van der Waals surface area contributed by atoms with Crippen molar-refractivity contribution < 1.29 is 0 Å². The second-order valence-corrected chi connectivity index (χ2v) is 8.15. The molecule has 1 aromatic carbocycles. The average Bonchev–Trinajstić information content (AvgIpc) is 3.07. The van der Waals surface area contributed by atoms with Gasteiger partial charge in [-0.25, -0.2) is 0 Å². The van der Waals surface area contributed by atoms with Crippen molar-refractivity contribution in [2.45, 2.75) is 30.1 Å². The Morgan fingerprint density at radius 3 is 3.00 bits per heavy atom. The number of nitrogens with one attached hydrogen (secondary N) is 1. The maximum atomic E-state index is 4.97. The lowest BCUT2D eigenvalue weighted by Crippen LogP contribution is -2.48. The first-order valence-electron chi connectivity index (χ1n) is 9.10. The van der Waals surface area contributed by atoms with Crippen LogP contribution in [0.3, 0.4) is 0 Å². The molecule has 5 rings (SSSR count). The maximum absolute atomic E-state index is 4.97. The molecule has 1 aliphatic heterocycles. The van der Waals surface area contributed by atoms with E-state index in [1.807, 2.05) is 12.3 Å². The summed E-state index contributed by atoms with van der Waals surface area (Å²) in [4.78, 5) is 10.6. The first kappa shape index (κ1) is 15.5. The standard InChI is InChI=1S/C21H23N3S/c1-24-12-14(21(25)18-6-2-3-8-22-18)9-16-15-5-4-7-17-20(15)13(11-23-17)10-19(16)24/h2-8,11,14,16,19,21,23,25H,9-10,12H2,1H3/t14?,16-,19-,21?/m1/s1. The van der Waals surface area contributed by atoms with Gasteiger partial charge in [-0.1, -0.05) is 18.2 Å². The van der Waals surface area contributed by atoms with Gasteiger partial charge in [0, 0.05) is 47.1 Å². The van der Waals surface area contributed by atoms with E-state index in [2.05, 4.69) is 58.4 Å². The first-order valence-corrected chi connectivity index (χ1v) is 9.62. The number of benzene rings is 1. The molecule has 128 valence electrons. The third-order valence-corrected chi connectivity index (χ3v) is 6.88. The van der Waals surface area contributed by atoms with E-state index in [-0.39, 0.29) is 5.25 Å². The largest absolute Gasteiger partial charge is 0.361 e. The Balaban J connectivity index is 1.52. The number of pyridine rings is 1. The molecule has 3 aromatic rings. The third-order valence-electron chi connectivity index (χ3n) is 6.20. The summed E-state index contributed by atoms with van der Waals surface area (Å²) in [6.07, 6.45) is 6.41. The van der Waals surface area contributed by atoms with Crippen molar-refractivity contribution in [2.75, 3.05) is 13.6 Å². The minimum atomic E-state index is 0.191. The highest BCUT2D eigenvalue weighted by Gasteiger charge is 2.41. The topological polar surface area (TPSA) is 31.9 Å². The van der Waals surface area contributed by atoms with Gasteiger partial charge in [0.15, 0.2) is 0 Å². The minimum absolute atomic E-state index is 0.191. The lowest BCUT2D eigenvalue weighted by molar-refractivity contribution is 0.110. The molecule has 1 aliphatic carbocycles. The lowest BCUT2D eigenvalue weighted by atomic mass is 9.71. The molecule has 0 radical (unpaired) electrons. The molecule has 0 saturated carbocycles. The van der Waals surface area contributed by atoms with E-state index in [4.69, 9.17) is 12.6 Å². The molecule has 0 spiro atoms. The molecule has 1 saturated heterocycles. The summed E-state index contributed by atoms with van der Waals surface area (Å²) in [5.41, 5.74) is 5.37. The molecule has 2 unspecified atom stereocenters. The second-order valence-electron chi connectivity index (χ2n) is 7.60. The number of fused-ring (bicyclic) bond motifs is 2. The Morgan fingerprint density at radius 1 is 1.24 bits per heavy atom. The summed E-state index contributed by atoms with van der Waals surface area (Å²) in [7, 11) is 2.28. The van der Waals surface area contributed by atoms with Gasteiger partial charge >= 0.3 is 0 Å². The van der Waals surface area contributed by atoms with E-state index in [0.29, 0.717) is 17.9 Å². The normalized spacial score (nSPS) is 27.2. The van der Waals surface area contributed by atoms with Crippen molar-refractivity contribution in [1.82, 2.24) is 14.9 Å². The second kappa shape index (κ2) is 5.89. The van der Waals surface area contributed by atoms with Gasteiger partial charge in [0.1, 0.15) is 0 Å². The molecule has 3 heterocycles. The fourth-order valence-corrected chi connectivity index (χ4v) is 5.37. The van der Waals surface area contributed by atoms with Crippen LogP contribution in [-0.2, 0) is 6.42 Å². The Bertz CT molecular complexity index is 904. The molecule has 0 amide bonds. The van der Waals surface area contributed by atoms with Crippen LogP contribution < -0.4 is 0 Å². The van der Waals surface area contributed by atoms with Crippen molar-refractivity contribution in [2.24, 2.45) is 5.92 Å². The monoisotopic (exact) mass is 349 g/mol. The smallest absolute Gasteiger partial charge is 0.0534 e. The predicted octanol–water partition coefficient (Wildman–Crippen LogP) is 4.19. The van der Waals surface area contributed by atoms with Gasteiger partial charge in [0.25, 0.3) is 0 Å². The number of aromatic nitrogens is 2. The van der Waals surface area contributed by atoms with E-state index < -0.39 is 0 Å². The number of piperidine rings is 1. The number of likely N-dealkylation sites (N-methyl/N-ethyl adjacent to an activating group) is 1. The first-order chi connectivity index (χ1) is 12.2. The molecule has 1 fully saturated rings. The van der Waals surface area contributed by atoms with Crippen LogP contribution in [0.25, 0.3) is 10.9 Å². The molecule has 2 aromatic heterocycles. The van der Waals surface area contributed by atoms with E-state index in [1.165, 1.54) is 28.5 Å². The summed E-state index contributed by atoms with van der Waals surface area (Å²) in [6, 6.07) is 13.5. The molecular weight excluding hydrogens is 326 g/mol. The van der Waals surface area contributed by atoms with Crippen LogP contribution in [-0.4, -0.2) is 34.5 Å². The van der Waals surface area contributed by atoms with Crippen molar-refractivity contribution >= 4 is 23.5 Å². The van der Waals surface area contributed by atoms with E-state index in [0.717, 1.165) is 18.7 Å². The van der Waals surface area contributed by atoms with Crippen molar-refractivity contribution in [3.8, 4) is 0 Å². The van der Waals surface area contributed by atoms with Crippen LogP contribution in [0.4, 0.5) is 0 Å². The van der Waals surface area contributed by atoms with Gasteiger partial charge in [0.05, 0.1) is 5.69 Å². The number of hydrogen-bond acceptors (Lipinski definition) is 3. The number of rotatable bonds is 2. The fourth-order valence-electron chi connectivity index (χ4n) is 5.00. The molecule has 1 N–H and O–H groups in total. The van der Waals surface area contributed by atoms with Gasteiger partial charge in [-0.05, 0) is 55.1 Å². The molecule has 4 heteroatoms. The van der Waals surface area contributed by atoms with E-state index in [1.54, 1.807) is 0 Å². The number of likely N-dealkylation sites (tertiary alicyclic amines) is 1. The van der Waals surface area contributed by atoms with Gasteiger partial charge in [-0.15, -0.1) is 0 Å². The molecule has 3 nitrogen and oxygen atoms in total. The summed E-state index contributed by atoms with van der Waals surface area (Å²) in [6.45, 7) is 1.08. The Kier molecular flexibility index (Phi) is 3.64. The number of hydrogen-bond donors (Lipinski definition) is 2. The van der Waals surface area contributed by atoms with E-state index in [9.17, 15) is 0 Å². The summed E-state index contributed by atoms with van der Waals surface area (Å²) in [5, 5.41) is 1.66. The minimum Gasteiger partial charge on any atom is -0.361 e.